The minimum atomic E-state index is -0.581. The summed E-state index contributed by atoms with van der Waals surface area (Å²) < 4.78 is 26.0. The predicted molar refractivity (Wildman–Crippen MR) is 57.3 cm³/mol. The highest BCUT2D eigenvalue weighted by Gasteiger charge is 2.07. The van der Waals surface area contributed by atoms with Crippen LogP contribution in [-0.4, -0.2) is 9.97 Å². The molecule has 0 saturated carbocycles. The van der Waals surface area contributed by atoms with Crippen molar-refractivity contribution in [3.8, 4) is 0 Å². The van der Waals surface area contributed by atoms with Gasteiger partial charge >= 0.3 is 0 Å². The molecule has 1 aromatic carbocycles. The molecule has 5 heteroatoms. The van der Waals surface area contributed by atoms with Gasteiger partial charge in [-0.3, -0.25) is 0 Å². The fourth-order valence-electron chi connectivity index (χ4n) is 1.41. The first-order chi connectivity index (χ1) is 7.69. The van der Waals surface area contributed by atoms with E-state index in [-0.39, 0.29) is 0 Å². The van der Waals surface area contributed by atoms with Gasteiger partial charge in [-0.05, 0) is 11.6 Å². The van der Waals surface area contributed by atoms with E-state index in [4.69, 9.17) is 11.6 Å². The van der Waals surface area contributed by atoms with Crippen molar-refractivity contribution in [2.75, 3.05) is 0 Å². The fraction of sp³-hybridized carbons (Fsp3) is 0.182. The van der Waals surface area contributed by atoms with Crippen molar-refractivity contribution in [3.05, 3.63) is 53.1 Å². The van der Waals surface area contributed by atoms with Gasteiger partial charge in [0.25, 0.3) is 0 Å². The van der Waals surface area contributed by atoms with Gasteiger partial charge < -0.3 is 4.98 Å². The number of H-pyrrole nitrogens is 1. The molecular weight excluding hydrogens is 234 g/mol. The third-order valence-electron chi connectivity index (χ3n) is 2.20. The van der Waals surface area contributed by atoms with Crippen molar-refractivity contribution >= 4 is 11.6 Å². The maximum atomic E-state index is 13.3. The predicted octanol–water partition coefficient (Wildman–Crippen LogP) is 3.02. The van der Waals surface area contributed by atoms with Gasteiger partial charge in [0.2, 0.25) is 0 Å². The topological polar surface area (TPSA) is 28.7 Å². The second kappa shape index (κ2) is 4.61. The van der Waals surface area contributed by atoms with E-state index in [9.17, 15) is 8.78 Å². The molecule has 0 aliphatic heterocycles. The first kappa shape index (κ1) is 11.1. The monoisotopic (exact) mass is 242 g/mol. The minimum absolute atomic E-state index is 0.295. The molecule has 0 atom stereocenters. The smallest absolute Gasteiger partial charge is 0.129 e. The normalized spacial score (nSPS) is 10.7. The van der Waals surface area contributed by atoms with Crippen LogP contribution in [0.15, 0.2) is 24.4 Å². The Morgan fingerprint density at radius 3 is 2.75 bits per heavy atom. The zero-order valence-electron chi connectivity index (χ0n) is 8.30. The molecule has 2 aromatic rings. The number of hydrogen-bond acceptors (Lipinski definition) is 1. The highest BCUT2D eigenvalue weighted by Crippen LogP contribution is 2.13. The maximum absolute atomic E-state index is 13.3. The number of halogens is 3. The third kappa shape index (κ3) is 2.39. The molecule has 2 nitrogen and oxygen atoms in total. The lowest BCUT2D eigenvalue weighted by molar-refractivity contribution is 0.573. The van der Waals surface area contributed by atoms with Gasteiger partial charge in [0.05, 0.1) is 5.88 Å². The Balaban J connectivity index is 2.20. The number of rotatable bonds is 3. The third-order valence-corrected chi connectivity index (χ3v) is 2.49. The van der Waals surface area contributed by atoms with Crippen LogP contribution in [0.5, 0.6) is 0 Å². The number of benzene rings is 1. The standard InChI is InChI=1S/C11H9ClF2N2/c12-5-9-6-15-11(16-9)3-7-1-2-8(13)4-10(7)14/h1-2,4,6H,3,5H2,(H,15,16). The first-order valence-corrected chi connectivity index (χ1v) is 5.25. The van der Waals surface area contributed by atoms with E-state index in [1.54, 1.807) is 6.20 Å². The van der Waals surface area contributed by atoms with Crippen LogP contribution in [0.2, 0.25) is 0 Å². The number of imidazole rings is 1. The molecule has 0 fully saturated rings. The molecule has 1 aromatic heterocycles. The SMILES string of the molecule is Fc1ccc(Cc2ncc(CCl)[nH]2)c(F)c1. The quantitative estimate of drug-likeness (QED) is 0.824. The molecule has 0 amide bonds. The molecule has 2 rings (SSSR count). The number of aromatic amines is 1. The summed E-state index contributed by atoms with van der Waals surface area (Å²) in [6.45, 7) is 0. The van der Waals surface area contributed by atoms with Crippen LogP contribution in [0.4, 0.5) is 8.78 Å². The lowest BCUT2D eigenvalue weighted by atomic mass is 10.1. The van der Waals surface area contributed by atoms with E-state index in [1.807, 2.05) is 0 Å². The van der Waals surface area contributed by atoms with Gasteiger partial charge in [-0.15, -0.1) is 11.6 Å². The number of hydrogen-bond donors (Lipinski definition) is 1. The van der Waals surface area contributed by atoms with Crippen LogP contribution in [0.1, 0.15) is 17.1 Å². The molecule has 1 N–H and O–H groups in total. The van der Waals surface area contributed by atoms with Crippen molar-refractivity contribution in [1.29, 1.82) is 0 Å². The molecule has 0 radical (unpaired) electrons. The van der Waals surface area contributed by atoms with Gasteiger partial charge in [0.1, 0.15) is 17.5 Å². The van der Waals surface area contributed by atoms with Crippen LogP contribution in [-0.2, 0) is 12.3 Å². The van der Waals surface area contributed by atoms with Crippen LogP contribution >= 0.6 is 11.6 Å². The Morgan fingerprint density at radius 2 is 2.12 bits per heavy atom. The Hall–Kier alpha value is -1.42. The molecular formula is C11H9ClF2N2. The largest absolute Gasteiger partial charge is 0.345 e. The van der Waals surface area contributed by atoms with Crippen molar-refractivity contribution in [2.45, 2.75) is 12.3 Å². The van der Waals surface area contributed by atoms with Gasteiger partial charge in [-0.25, -0.2) is 13.8 Å². The summed E-state index contributed by atoms with van der Waals surface area (Å²) in [5.41, 5.74) is 1.18. The highest BCUT2D eigenvalue weighted by molar-refractivity contribution is 6.16. The molecule has 0 bridgehead atoms. The van der Waals surface area contributed by atoms with Crippen LogP contribution in [0.25, 0.3) is 0 Å². The molecule has 84 valence electrons. The highest BCUT2D eigenvalue weighted by atomic mass is 35.5. The van der Waals surface area contributed by atoms with Crippen molar-refractivity contribution in [2.24, 2.45) is 0 Å². The van der Waals surface area contributed by atoms with Gasteiger partial charge in [0.15, 0.2) is 0 Å². The van der Waals surface area contributed by atoms with Crippen molar-refractivity contribution in [1.82, 2.24) is 9.97 Å². The lowest BCUT2D eigenvalue weighted by Gasteiger charge is -2.00. The van der Waals surface area contributed by atoms with Gasteiger partial charge in [-0.1, -0.05) is 6.07 Å². The lowest BCUT2D eigenvalue weighted by Crippen LogP contribution is -1.95. The number of aromatic nitrogens is 2. The second-order valence-electron chi connectivity index (χ2n) is 3.40. The molecule has 16 heavy (non-hydrogen) atoms. The zero-order chi connectivity index (χ0) is 11.5. The summed E-state index contributed by atoms with van der Waals surface area (Å²) in [5.74, 6) is -0.203. The summed E-state index contributed by atoms with van der Waals surface area (Å²) in [6.07, 6.45) is 1.90. The Bertz CT molecular complexity index is 496. The molecule has 0 aliphatic carbocycles. The zero-order valence-corrected chi connectivity index (χ0v) is 9.06. The molecule has 1 heterocycles. The summed E-state index contributed by atoms with van der Waals surface area (Å²) in [6, 6.07) is 3.50. The van der Waals surface area contributed by atoms with E-state index < -0.39 is 11.6 Å². The second-order valence-corrected chi connectivity index (χ2v) is 3.67. The van der Waals surface area contributed by atoms with E-state index in [1.165, 1.54) is 12.1 Å². The summed E-state index contributed by atoms with van der Waals surface area (Å²) >= 11 is 5.60. The van der Waals surface area contributed by atoms with Gasteiger partial charge in [-0.2, -0.15) is 0 Å². The van der Waals surface area contributed by atoms with E-state index in [0.717, 1.165) is 11.8 Å². The maximum Gasteiger partial charge on any atom is 0.129 e. The minimum Gasteiger partial charge on any atom is -0.345 e. The van der Waals surface area contributed by atoms with Crippen LogP contribution < -0.4 is 0 Å². The summed E-state index contributed by atoms with van der Waals surface area (Å²) in [7, 11) is 0. The van der Waals surface area contributed by atoms with E-state index in [0.29, 0.717) is 23.7 Å². The average Bonchev–Trinajstić information content (AvgIpc) is 2.70. The van der Waals surface area contributed by atoms with E-state index in [2.05, 4.69) is 9.97 Å². The summed E-state index contributed by atoms with van der Waals surface area (Å²) in [5, 5.41) is 0. The van der Waals surface area contributed by atoms with Crippen molar-refractivity contribution < 1.29 is 8.78 Å². The molecule has 0 aliphatic rings. The fourth-order valence-corrected chi connectivity index (χ4v) is 1.54. The Morgan fingerprint density at radius 1 is 1.31 bits per heavy atom. The average molecular weight is 243 g/mol. The van der Waals surface area contributed by atoms with Crippen LogP contribution in [0, 0.1) is 11.6 Å². The first-order valence-electron chi connectivity index (χ1n) is 4.71. The molecule has 0 spiro atoms. The summed E-state index contributed by atoms with van der Waals surface area (Å²) in [4.78, 5) is 7.00. The van der Waals surface area contributed by atoms with Gasteiger partial charge in [0, 0.05) is 24.4 Å². The number of nitrogens with zero attached hydrogens (tertiary/aromatic N) is 1. The number of alkyl halides is 1. The number of nitrogens with one attached hydrogen (secondary N) is 1. The molecule has 0 unspecified atom stereocenters. The molecule has 0 saturated heterocycles. The Labute approximate surface area is 96.3 Å². The van der Waals surface area contributed by atoms with Crippen molar-refractivity contribution in [3.63, 3.8) is 0 Å². The van der Waals surface area contributed by atoms with E-state index >= 15 is 0 Å². The van der Waals surface area contributed by atoms with Crippen LogP contribution in [0.3, 0.4) is 0 Å². The Kier molecular flexibility index (Phi) is 3.19.